The summed E-state index contributed by atoms with van der Waals surface area (Å²) in [6, 6.07) is 0.0108. The van der Waals surface area contributed by atoms with E-state index in [1.807, 2.05) is 6.92 Å². The maximum atomic E-state index is 12.1. The van der Waals surface area contributed by atoms with Crippen LogP contribution in [0.4, 0.5) is 13.2 Å². The molecule has 1 aliphatic rings. The first-order valence-electron chi connectivity index (χ1n) is 4.09. The van der Waals surface area contributed by atoms with Gasteiger partial charge in [0, 0.05) is 19.1 Å². The van der Waals surface area contributed by atoms with Crippen LogP contribution in [0.3, 0.4) is 0 Å². The summed E-state index contributed by atoms with van der Waals surface area (Å²) in [6.07, 6.45) is -3.56. The van der Waals surface area contributed by atoms with Crippen molar-refractivity contribution in [3.8, 4) is 0 Å². The lowest BCUT2D eigenvalue weighted by Crippen LogP contribution is -2.39. The predicted octanol–water partition coefficient (Wildman–Crippen LogP) is 1.19. The first kappa shape index (κ1) is 9.80. The number of hydrogen-bond acceptors (Lipinski definition) is 2. The Hall–Kier alpha value is -0.290. The highest BCUT2D eigenvalue weighted by molar-refractivity contribution is 4.81. The van der Waals surface area contributed by atoms with Crippen LogP contribution < -0.4 is 5.32 Å². The molecule has 5 heteroatoms. The number of nitrogens with one attached hydrogen (secondary N) is 1. The lowest BCUT2D eigenvalue weighted by molar-refractivity contribution is -0.238. The van der Waals surface area contributed by atoms with Gasteiger partial charge in [-0.25, -0.2) is 4.90 Å². The van der Waals surface area contributed by atoms with Crippen molar-refractivity contribution < 1.29 is 13.2 Å². The van der Waals surface area contributed by atoms with Gasteiger partial charge in [-0.05, 0) is 13.0 Å². The van der Waals surface area contributed by atoms with Gasteiger partial charge in [0.15, 0.2) is 0 Å². The van der Waals surface area contributed by atoms with E-state index in [2.05, 4.69) is 5.32 Å². The van der Waals surface area contributed by atoms with Crippen molar-refractivity contribution in [3.63, 3.8) is 0 Å². The van der Waals surface area contributed by atoms with Gasteiger partial charge in [0.25, 0.3) is 0 Å². The van der Waals surface area contributed by atoms with Crippen molar-refractivity contribution in [2.75, 3.05) is 19.6 Å². The quantitative estimate of drug-likeness (QED) is 0.645. The summed E-state index contributed by atoms with van der Waals surface area (Å²) >= 11 is 0. The maximum Gasteiger partial charge on any atom is 0.459 e. The van der Waals surface area contributed by atoms with Crippen LogP contribution in [0, 0.1) is 0 Å². The molecule has 1 rings (SSSR count). The smallest absolute Gasteiger partial charge is 0.313 e. The minimum absolute atomic E-state index is 0.0108. The second-order valence-corrected chi connectivity index (χ2v) is 2.96. The Kier molecular flexibility index (Phi) is 2.95. The van der Waals surface area contributed by atoms with E-state index in [9.17, 15) is 13.2 Å². The van der Waals surface area contributed by atoms with E-state index in [0.29, 0.717) is 11.3 Å². The van der Waals surface area contributed by atoms with Crippen LogP contribution in [0.5, 0.6) is 0 Å². The fourth-order valence-corrected chi connectivity index (χ4v) is 1.45. The molecule has 1 atom stereocenters. The molecular formula is C7H13F3N2. The first-order chi connectivity index (χ1) is 5.54. The molecule has 1 saturated heterocycles. The van der Waals surface area contributed by atoms with Gasteiger partial charge < -0.3 is 5.32 Å². The highest BCUT2D eigenvalue weighted by Crippen LogP contribution is 2.25. The molecule has 1 aliphatic heterocycles. The van der Waals surface area contributed by atoms with Gasteiger partial charge >= 0.3 is 6.30 Å². The van der Waals surface area contributed by atoms with E-state index >= 15 is 0 Å². The standard InChI is InChI=1S/C7H13F3N2/c1-2-11-6-3-4-12(5-6)7(8,9)10/h6,11H,2-5H2,1H3. The number of alkyl halides is 3. The molecule has 0 bridgehead atoms. The van der Waals surface area contributed by atoms with Gasteiger partial charge in [-0.15, -0.1) is 0 Å². The van der Waals surface area contributed by atoms with E-state index in [1.165, 1.54) is 0 Å². The Morgan fingerprint density at radius 3 is 2.58 bits per heavy atom. The summed E-state index contributed by atoms with van der Waals surface area (Å²) in [5.41, 5.74) is 0. The zero-order chi connectivity index (χ0) is 9.19. The van der Waals surface area contributed by atoms with E-state index < -0.39 is 6.30 Å². The van der Waals surface area contributed by atoms with Gasteiger partial charge in [-0.3, -0.25) is 0 Å². The van der Waals surface area contributed by atoms with Gasteiger partial charge in [0.1, 0.15) is 0 Å². The second kappa shape index (κ2) is 3.62. The molecule has 0 amide bonds. The summed E-state index contributed by atoms with van der Waals surface area (Å²) in [5.74, 6) is 0. The van der Waals surface area contributed by atoms with Crippen molar-refractivity contribution >= 4 is 0 Å². The molecule has 0 saturated carbocycles. The van der Waals surface area contributed by atoms with Crippen molar-refractivity contribution in [2.24, 2.45) is 0 Å². The third-order valence-electron chi connectivity index (χ3n) is 2.04. The molecular weight excluding hydrogens is 169 g/mol. The molecule has 0 aromatic heterocycles. The van der Waals surface area contributed by atoms with Crippen LogP contribution in [-0.4, -0.2) is 36.9 Å². The molecule has 0 aromatic carbocycles. The van der Waals surface area contributed by atoms with Crippen molar-refractivity contribution in [1.82, 2.24) is 10.2 Å². The molecule has 1 N–H and O–H groups in total. The number of halogens is 3. The van der Waals surface area contributed by atoms with Crippen LogP contribution in [0.1, 0.15) is 13.3 Å². The average molecular weight is 182 g/mol. The van der Waals surface area contributed by atoms with E-state index in [-0.39, 0.29) is 19.1 Å². The average Bonchev–Trinajstić information content (AvgIpc) is 2.35. The number of hydrogen-bond donors (Lipinski definition) is 1. The molecule has 72 valence electrons. The fraction of sp³-hybridized carbons (Fsp3) is 1.00. The molecule has 0 radical (unpaired) electrons. The van der Waals surface area contributed by atoms with Crippen LogP contribution in [0.2, 0.25) is 0 Å². The normalized spacial score (nSPS) is 26.5. The summed E-state index contributed by atoms with van der Waals surface area (Å²) in [6.45, 7) is 2.85. The molecule has 1 unspecified atom stereocenters. The van der Waals surface area contributed by atoms with Gasteiger partial charge in [0.05, 0.1) is 0 Å². The van der Waals surface area contributed by atoms with Crippen molar-refractivity contribution in [2.45, 2.75) is 25.7 Å². The summed E-state index contributed by atoms with van der Waals surface area (Å²) < 4.78 is 36.2. The zero-order valence-corrected chi connectivity index (χ0v) is 6.99. The molecule has 1 heterocycles. The zero-order valence-electron chi connectivity index (χ0n) is 6.99. The van der Waals surface area contributed by atoms with Gasteiger partial charge in [0.2, 0.25) is 0 Å². The van der Waals surface area contributed by atoms with E-state index in [4.69, 9.17) is 0 Å². The minimum atomic E-state index is -4.15. The van der Waals surface area contributed by atoms with Crippen molar-refractivity contribution in [3.05, 3.63) is 0 Å². The molecule has 0 aromatic rings. The van der Waals surface area contributed by atoms with Crippen LogP contribution in [-0.2, 0) is 0 Å². The second-order valence-electron chi connectivity index (χ2n) is 2.96. The Balaban J connectivity index is 2.35. The van der Waals surface area contributed by atoms with Crippen LogP contribution >= 0.6 is 0 Å². The number of rotatable bonds is 2. The lowest BCUT2D eigenvalue weighted by Gasteiger charge is -2.19. The lowest BCUT2D eigenvalue weighted by atomic mass is 10.3. The number of nitrogens with zero attached hydrogens (tertiary/aromatic N) is 1. The SMILES string of the molecule is CCNC1CCN(C(F)(F)F)C1. The maximum absolute atomic E-state index is 12.1. The summed E-state index contributed by atoms with van der Waals surface area (Å²) in [7, 11) is 0. The molecule has 1 fully saturated rings. The minimum Gasteiger partial charge on any atom is -0.313 e. The third-order valence-corrected chi connectivity index (χ3v) is 2.04. The largest absolute Gasteiger partial charge is 0.459 e. The molecule has 2 nitrogen and oxygen atoms in total. The number of likely N-dealkylation sites (tertiary alicyclic amines) is 1. The van der Waals surface area contributed by atoms with Gasteiger partial charge in [-0.1, -0.05) is 6.92 Å². The Morgan fingerprint density at radius 1 is 1.50 bits per heavy atom. The summed E-state index contributed by atoms with van der Waals surface area (Å²) in [5, 5.41) is 3.00. The highest BCUT2D eigenvalue weighted by atomic mass is 19.4. The highest BCUT2D eigenvalue weighted by Gasteiger charge is 2.41. The summed E-state index contributed by atoms with van der Waals surface area (Å²) in [4.78, 5) is 0.556. The molecule has 0 aliphatic carbocycles. The van der Waals surface area contributed by atoms with Crippen LogP contribution in [0.15, 0.2) is 0 Å². The fourth-order valence-electron chi connectivity index (χ4n) is 1.45. The molecule has 12 heavy (non-hydrogen) atoms. The monoisotopic (exact) mass is 182 g/mol. The van der Waals surface area contributed by atoms with E-state index in [1.54, 1.807) is 0 Å². The van der Waals surface area contributed by atoms with Crippen LogP contribution in [0.25, 0.3) is 0 Å². The molecule has 0 spiro atoms. The predicted molar refractivity (Wildman–Crippen MR) is 39.7 cm³/mol. The third kappa shape index (κ3) is 2.35. The van der Waals surface area contributed by atoms with Crippen molar-refractivity contribution in [1.29, 1.82) is 0 Å². The Morgan fingerprint density at radius 2 is 2.17 bits per heavy atom. The number of likely N-dealkylation sites (N-methyl/N-ethyl adjacent to an activating group) is 1. The topological polar surface area (TPSA) is 15.3 Å². The van der Waals surface area contributed by atoms with Gasteiger partial charge in [-0.2, -0.15) is 13.2 Å². The van der Waals surface area contributed by atoms with E-state index in [0.717, 1.165) is 6.54 Å². The Bertz CT molecular complexity index is 146. The Labute approximate surface area is 69.7 Å². The first-order valence-corrected chi connectivity index (χ1v) is 4.09.